The molecule has 0 spiro atoms. The average Bonchev–Trinajstić information content (AvgIpc) is 2.59. The highest BCUT2D eigenvalue weighted by atomic mass is 35.5. The molecule has 3 aromatic rings. The fourth-order valence-corrected chi connectivity index (χ4v) is 3.03. The number of hydrogen-bond acceptors (Lipinski definition) is 2. The van der Waals surface area contributed by atoms with E-state index in [1.54, 1.807) is 0 Å². The van der Waals surface area contributed by atoms with Crippen LogP contribution >= 0.6 is 11.6 Å². The van der Waals surface area contributed by atoms with Crippen molar-refractivity contribution in [2.75, 3.05) is 0 Å². The minimum absolute atomic E-state index is 0.298. The zero-order valence-electron chi connectivity index (χ0n) is 13.4. The van der Waals surface area contributed by atoms with E-state index in [4.69, 9.17) is 21.3 Å². The third-order valence-corrected chi connectivity index (χ3v) is 4.14. The minimum Gasteiger partial charge on any atom is -0.488 e. The van der Waals surface area contributed by atoms with Gasteiger partial charge in [-0.05, 0) is 23.6 Å². The molecule has 0 bridgehead atoms. The number of rotatable bonds is 5. The lowest BCUT2D eigenvalue weighted by Gasteiger charge is -2.19. The molecule has 0 fully saturated rings. The van der Waals surface area contributed by atoms with Crippen LogP contribution in [0.4, 0.5) is 0 Å². The molecule has 3 rings (SSSR count). The van der Waals surface area contributed by atoms with E-state index in [1.165, 1.54) is 0 Å². The summed E-state index contributed by atoms with van der Waals surface area (Å²) in [6.07, 6.45) is 0. The first-order valence-corrected chi connectivity index (χ1v) is 8.38. The van der Waals surface area contributed by atoms with E-state index in [0.29, 0.717) is 18.4 Å². The highest BCUT2D eigenvalue weighted by molar-refractivity contribution is 6.17. The van der Waals surface area contributed by atoms with Gasteiger partial charge in [0.1, 0.15) is 12.4 Å². The summed E-state index contributed by atoms with van der Waals surface area (Å²) in [5.41, 5.74) is 4.09. The molecule has 0 radical (unpaired) electrons. The van der Waals surface area contributed by atoms with Crippen LogP contribution < -0.4 is 4.74 Å². The first-order chi connectivity index (χ1) is 11.2. The third kappa shape index (κ3) is 3.32. The molecule has 118 valence electrons. The molecule has 2 nitrogen and oxygen atoms in total. The Labute approximate surface area is 142 Å². The number of halogens is 1. The SMILES string of the molecule is CC(C)c1c(CCl)nc2ccccc2c1OCc1ccccc1. The number of pyridine rings is 1. The lowest BCUT2D eigenvalue weighted by molar-refractivity contribution is 0.305. The lowest BCUT2D eigenvalue weighted by Crippen LogP contribution is -2.06. The summed E-state index contributed by atoms with van der Waals surface area (Å²) in [4.78, 5) is 4.72. The number of fused-ring (bicyclic) bond motifs is 1. The van der Waals surface area contributed by atoms with E-state index in [1.807, 2.05) is 36.4 Å². The Morgan fingerprint density at radius 1 is 1.00 bits per heavy atom. The maximum atomic E-state index is 6.24. The maximum Gasteiger partial charge on any atom is 0.134 e. The van der Waals surface area contributed by atoms with Gasteiger partial charge < -0.3 is 4.74 Å². The topological polar surface area (TPSA) is 22.1 Å². The first kappa shape index (κ1) is 15.8. The molecule has 0 unspecified atom stereocenters. The average molecular weight is 326 g/mol. The summed E-state index contributed by atoms with van der Waals surface area (Å²) in [6, 6.07) is 18.3. The molecule has 0 N–H and O–H groups in total. The van der Waals surface area contributed by atoms with Gasteiger partial charge in [0.25, 0.3) is 0 Å². The van der Waals surface area contributed by atoms with Crippen LogP contribution in [0, 0.1) is 0 Å². The van der Waals surface area contributed by atoms with Gasteiger partial charge in [0.15, 0.2) is 0 Å². The summed E-state index contributed by atoms with van der Waals surface area (Å²) < 4.78 is 6.24. The fourth-order valence-electron chi connectivity index (χ4n) is 2.83. The molecule has 3 heteroatoms. The predicted octanol–water partition coefficient (Wildman–Crippen LogP) is 5.68. The van der Waals surface area contributed by atoms with Gasteiger partial charge in [0.05, 0.1) is 17.1 Å². The van der Waals surface area contributed by atoms with Crippen LogP contribution in [0.25, 0.3) is 10.9 Å². The van der Waals surface area contributed by atoms with Crippen molar-refractivity contribution in [2.24, 2.45) is 0 Å². The van der Waals surface area contributed by atoms with Crippen LogP contribution in [-0.2, 0) is 12.5 Å². The zero-order valence-corrected chi connectivity index (χ0v) is 14.2. The Morgan fingerprint density at radius 2 is 1.70 bits per heavy atom. The number of aromatic nitrogens is 1. The normalized spacial score (nSPS) is 11.1. The Hall–Kier alpha value is -2.06. The van der Waals surface area contributed by atoms with Crippen molar-refractivity contribution in [3.63, 3.8) is 0 Å². The van der Waals surface area contributed by atoms with Crippen molar-refractivity contribution < 1.29 is 4.74 Å². The highest BCUT2D eigenvalue weighted by Crippen LogP contribution is 2.36. The highest BCUT2D eigenvalue weighted by Gasteiger charge is 2.18. The molecular weight excluding hydrogens is 306 g/mol. The largest absolute Gasteiger partial charge is 0.488 e. The van der Waals surface area contributed by atoms with Gasteiger partial charge in [-0.25, -0.2) is 0 Å². The van der Waals surface area contributed by atoms with Crippen molar-refractivity contribution in [2.45, 2.75) is 32.3 Å². The van der Waals surface area contributed by atoms with Crippen molar-refractivity contribution in [3.8, 4) is 5.75 Å². The molecule has 1 aromatic heterocycles. The molecular formula is C20H20ClNO. The predicted molar refractivity (Wildman–Crippen MR) is 96.2 cm³/mol. The Bertz CT molecular complexity index is 799. The Morgan fingerprint density at radius 3 is 2.39 bits per heavy atom. The second-order valence-corrected chi connectivity index (χ2v) is 6.15. The number of benzene rings is 2. The van der Waals surface area contributed by atoms with Crippen molar-refractivity contribution in [1.82, 2.24) is 4.98 Å². The van der Waals surface area contributed by atoms with E-state index in [2.05, 4.69) is 32.0 Å². The molecule has 23 heavy (non-hydrogen) atoms. The monoisotopic (exact) mass is 325 g/mol. The second-order valence-electron chi connectivity index (χ2n) is 5.88. The summed E-state index contributed by atoms with van der Waals surface area (Å²) >= 11 is 6.15. The first-order valence-electron chi connectivity index (χ1n) is 7.85. The van der Waals surface area contributed by atoms with Gasteiger partial charge in [0, 0.05) is 10.9 Å². The molecule has 0 saturated carbocycles. The van der Waals surface area contributed by atoms with Gasteiger partial charge in [-0.2, -0.15) is 0 Å². The zero-order chi connectivity index (χ0) is 16.2. The van der Waals surface area contributed by atoms with Gasteiger partial charge >= 0.3 is 0 Å². The summed E-state index contributed by atoms with van der Waals surface area (Å²) in [6.45, 7) is 4.84. The lowest BCUT2D eigenvalue weighted by atomic mass is 9.98. The van der Waals surface area contributed by atoms with Crippen LogP contribution in [0.2, 0.25) is 0 Å². The maximum absolute atomic E-state index is 6.24. The third-order valence-electron chi connectivity index (χ3n) is 3.89. The fraction of sp³-hybridized carbons (Fsp3) is 0.250. The van der Waals surface area contributed by atoms with Gasteiger partial charge in [-0.3, -0.25) is 4.98 Å². The van der Waals surface area contributed by atoms with Crippen molar-refractivity contribution in [3.05, 3.63) is 71.4 Å². The molecule has 1 heterocycles. The van der Waals surface area contributed by atoms with Crippen LogP contribution in [0.5, 0.6) is 5.75 Å². The summed E-state index contributed by atoms with van der Waals surface area (Å²) in [5, 5.41) is 1.04. The molecule has 0 aliphatic rings. The molecule has 0 atom stereocenters. The van der Waals surface area contributed by atoms with Crippen molar-refractivity contribution >= 4 is 22.5 Å². The van der Waals surface area contributed by atoms with Gasteiger partial charge in [-0.1, -0.05) is 56.3 Å². The van der Waals surface area contributed by atoms with E-state index in [0.717, 1.165) is 33.5 Å². The van der Waals surface area contributed by atoms with Crippen LogP contribution in [0.1, 0.15) is 36.6 Å². The smallest absolute Gasteiger partial charge is 0.134 e. The quantitative estimate of drug-likeness (QED) is 0.563. The second kappa shape index (κ2) is 7.01. The molecule has 2 aromatic carbocycles. The standard InChI is InChI=1S/C20H20ClNO/c1-14(2)19-18(12-21)22-17-11-7-6-10-16(17)20(19)23-13-15-8-4-3-5-9-15/h3-11,14H,12-13H2,1-2H3. The van der Waals surface area contributed by atoms with E-state index in [9.17, 15) is 0 Å². The van der Waals surface area contributed by atoms with Gasteiger partial charge in [-0.15, -0.1) is 11.6 Å². The Kier molecular flexibility index (Phi) is 4.82. The molecule has 0 aliphatic heterocycles. The van der Waals surface area contributed by atoms with E-state index in [-0.39, 0.29) is 0 Å². The summed E-state index contributed by atoms with van der Waals surface area (Å²) in [7, 11) is 0. The minimum atomic E-state index is 0.298. The number of ether oxygens (including phenoxy) is 1. The van der Waals surface area contributed by atoms with E-state index < -0.39 is 0 Å². The van der Waals surface area contributed by atoms with Crippen LogP contribution in [0.15, 0.2) is 54.6 Å². The van der Waals surface area contributed by atoms with Crippen LogP contribution in [-0.4, -0.2) is 4.98 Å². The molecule has 0 aliphatic carbocycles. The summed E-state index contributed by atoms with van der Waals surface area (Å²) in [5.74, 6) is 1.59. The number of nitrogens with zero attached hydrogens (tertiary/aromatic N) is 1. The van der Waals surface area contributed by atoms with Gasteiger partial charge in [0.2, 0.25) is 0 Å². The van der Waals surface area contributed by atoms with E-state index >= 15 is 0 Å². The van der Waals surface area contributed by atoms with Crippen molar-refractivity contribution in [1.29, 1.82) is 0 Å². The number of hydrogen-bond donors (Lipinski definition) is 0. The number of para-hydroxylation sites is 1. The van der Waals surface area contributed by atoms with Crippen LogP contribution in [0.3, 0.4) is 0 Å². The number of alkyl halides is 1. The molecule has 0 saturated heterocycles. The molecule has 0 amide bonds. The Balaban J connectivity index is 2.09.